The summed E-state index contributed by atoms with van der Waals surface area (Å²) in [6.45, 7) is 1.15. The number of carboxylic acids is 1. The topological polar surface area (TPSA) is 191 Å². The van der Waals surface area contributed by atoms with Crippen molar-refractivity contribution < 1.29 is 46.3 Å². The zero-order chi connectivity index (χ0) is 25.2. The van der Waals surface area contributed by atoms with Crippen LogP contribution in [0.2, 0.25) is 0 Å². The number of hydrogen-bond donors (Lipinski definition) is 2. The largest absolute Gasteiger partial charge is 0.477 e. The number of fused-ring (bicyclic) bond motifs is 1. The Morgan fingerprint density at radius 2 is 2.00 bits per heavy atom. The van der Waals surface area contributed by atoms with Crippen LogP contribution in [0.25, 0.3) is 0 Å². The molecule has 0 aromatic heterocycles. The molecule has 2 N–H and O–H groups in total. The molecule has 1 aromatic rings. The Bertz CT molecular complexity index is 1190. The van der Waals surface area contributed by atoms with E-state index < -0.39 is 51.2 Å². The van der Waals surface area contributed by atoms with Crippen molar-refractivity contribution in [3.63, 3.8) is 0 Å². The number of amides is 1. The summed E-state index contributed by atoms with van der Waals surface area (Å²) >= 11 is 0.892. The number of non-ortho nitro benzene ring substituents is 1. The molecule has 0 bridgehead atoms. The normalized spacial score (nSPS) is 20.8. The van der Waals surface area contributed by atoms with Crippen molar-refractivity contribution in [2.45, 2.75) is 32.1 Å². The van der Waals surface area contributed by atoms with Gasteiger partial charge in [-0.15, -0.1) is 0 Å². The summed E-state index contributed by atoms with van der Waals surface area (Å²) in [5, 5.41) is 21.5. The molecule has 1 amide bonds. The van der Waals surface area contributed by atoms with E-state index in [9.17, 15) is 38.0 Å². The average molecular weight is 514 g/mol. The second kappa shape index (κ2) is 9.92. The minimum atomic E-state index is -4.79. The van der Waals surface area contributed by atoms with Crippen LogP contribution in [-0.2, 0) is 40.3 Å². The SMILES string of the molecule is C[C@H](OS(=O)(=O)O)[C@@H]1C(=O)N2C(C(=O)O)=C(S/C=C\C(=O)OCc3ccc([N+](=O)[O-])cc3)C[C@H]12. The van der Waals surface area contributed by atoms with E-state index in [0.717, 1.165) is 22.7 Å². The fourth-order valence-electron chi connectivity index (χ4n) is 3.66. The lowest BCUT2D eigenvalue weighted by molar-refractivity contribution is -0.384. The number of aliphatic carboxylic acids is 1. The molecule has 0 unspecified atom stereocenters. The van der Waals surface area contributed by atoms with Crippen LogP contribution in [0.15, 0.2) is 46.4 Å². The fraction of sp³-hybridized carbons (Fsp3) is 0.316. The molecule has 0 aliphatic carbocycles. The van der Waals surface area contributed by atoms with Crippen LogP contribution < -0.4 is 0 Å². The molecule has 3 rings (SSSR count). The number of nitrogens with zero attached hydrogens (tertiary/aromatic N) is 2. The number of benzene rings is 1. The van der Waals surface area contributed by atoms with Gasteiger partial charge in [-0.3, -0.25) is 19.5 Å². The van der Waals surface area contributed by atoms with E-state index >= 15 is 0 Å². The number of carbonyl (C=O) groups is 3. The van der Waals surface area contributed by atoms with Gasteiger partial charge in [0, 0.05) is 29.5 Å². The molecular formula is C19H18N2O11S2. The molecule has 13 nitrogen and oxygen atoms in total. The van der Waals surface area contributed by atoms with Crippen LogP contribution in [0.4, 0.5) is 5.69 Å². The van der Waals surface area contributed by atoms with E-state index in [1.165, 1.54) is 36.6 Å². The van der Waals surface area contributed by atoms with Gasteiger partial charge in [0.2, 0.25) is 5.91 Å². The van der Waals surface area contributed by atoms with E-state index in [0.29, 0.717) is 5.56 Å². The van der Waals surface area contributed by atoms with Crippen molar-refractivity contribution in [1.29, 1.82) is 0 Å². The van der Waals surface area contributed by atoms with Crippen LogP contribution in [-0.4, -0.2) is 57.9 Å². The minimum Gasteiger partial charge on any atom is -0.477 e. The Hall–Kier alpha value is -3.27. The lowest BCUT2D eigenvalue weighted by Gasteiger charge is -2.45. The number of rotatable bonds is 10. The number of carbonyl (C=O) groups excluding carboxylic acids is 2. The number of carboxylic acid groups (broad SMARTS) is 1. The smallest absolute Gasteiger partial charge is 0.397 e. The number of thioether (sulfide) groups is 1. The maximum Gasteiger partial charge on any atom is 0.397 e. The van der Waals surface area contributed by atoms with Crippen molar-refractivity contribution in [3.8, 4) is 0 Å². The van der Waals surface area contributed by atoms with Gasteiger partial charge in [-0.25, -0.2) is 13.8 Å². The van der Waals surface area contributed by atoms with E-state index in [4.69, 9.17) is 9.29 Å². The van der Waals surface area contributed by atoms with E-state index in [-0.39, 0.29) is 29.3 Å². The molecule has 1 saturated heterocycles. The summed E-state index contributed by atoms with van der Waals surface area (Å²) in [4.78, 5) is 47.4. The highest BCUT2D eigenvalue weighted by Crippen LogP contribution is 2.47. The van der Waals surface area contributed by atoms with Gasteiger partial charge < -0.3 is 14.7 Å². The van der Waals surface area contributed by atoms with E-state index in [2.05, 4.69) is 4.18 Å². The first-order chi connectivity index (χ1) is 15.9. The summed E-state index contributed by atoms with van der Waals surface area (Å²) in [5.41, 5.74) is 0.149. The highest BCUT2D eigenvalue weighted by molar-refractivity contribution is 8.05. The first kappa shape index (κ1) is 25.4. The van der Waals surface area contributed by atoms with Crippen LogP contribution in [0.1, 0.15) is 18.9 Å². The van der Waals surface area contributed by atoms with Gasteiger partial charge in [-0.05, 0) is 30.0 Å². The molecule has 1 aromatic carbocycles. The Morgan fingerprint density at radius 1 is 1.35 bits per heavy atom. The standard InChI is InChI=1S/C19H18N2O11S2/c1-10(32-34(28,29)30)16-13-8-14(17(19(24)25)20(13)18(16)23)33-7-6-15(22)31-9-11-2-4-12(5-3-11)21(26)27/h2-7,10,13,16H,8-9H2,1H3,(H,24,25)(H,28,29,30)/b7-6-/t10-,13+,16-/m0/s1. The molecule has 3 atom stereocenters. The third-order valence-electron chi connectivity index (χ3n) is 5.09. The molecule has 0 radical (unpaired) electrons. The number of nitro groups is 1. The first-order valence-electron chi connectivity index (χ1n) is 9.57. The average Bonchev–Trinajstić information content (AvgIpc) is 3.05. The molecule has 1 fully saturated rings. The predicted molar refractivity (Wildman–Crippen MR) is 115 cm³/mol. The lowest BCUT2D eigenvalue weighted by Crippen LogP contribution is -2.62. The molecule has 2 aliphatic heterocycles. The number of nitro benzene ring substituents is 1. The summed E-state index contributed by atoms with van der Waals surface area (Å²) < 4.78 is 40.2. The molecular weight excluding hydrogens is 496 g/mol. The van der Waals surface area contributed by atoms with Gasteiger partial charge in [-0.1, -0.05) is 11.8 Å². The second-order valence-electron chi connectivity index (χ2n) is 7.26. The van der Waals surface area contributed by atoms with Gasteiger partial charge >= 0.3 is 22.3 Å². The second-order valence-corrected chi connectivity index (χ2v) is 9.31. The zero-order valence-electron chi connectivity index (χ0n) is 17.4. The van der Waals surface area contributed by atoms with Gasteiger partial charge in [0.1, 0.15) is 12.3 Å². The Kier molecular flexibility index (Phi) is 7.40. The number of β-lactam (4-membered cyclic amide) rings is 1. The zero-order valence-corrected chi connectivity index (χ0v) is 19.0. The maximum absolute atomic E-state index is 12.4. The van der Waals surface area contributed by atoms with E-state index in [1.807, 2.05) is 0 Å². The van der Waals surface area contributed by atoms with Crippen molar-refractivity contribution in [2.75, 3.05) is 0 Å². The van der Waals surface area contributed by atoms with Crippen LogP contribution >= 0.6 is 11.8 Å². The summed E-state index contributed by atoms with van der Waals surface area (Å²) in [6, 6.07) is 4.76. The molecule has 182 valence electrons. The fourth-order valence-corrected chi connectivity index (χ4v) is 5.07. The number of esters is 1. The molecule has 0 saturated carbocycles. The number of hydrogen-bond acceptors (Lipinski definition) is 10. The van der Waals surface area contributed by atoms with Crippen molar-refractivity contribution in [1.82, 2.24) is 4.90 Å². The third kappa shape index (κ3) is 5.61. The van der Waals surface area contributed by atoms with Gasteiger partial charge in [-0.2, -0.15) is 8.42 Å². The van der Waals surface area contributed by atoms with Crippen LogP contribution in [0.3, 0.4) is 0 Å². The van der Waals surface area contributed by atoms with Crippen LogP contribution in [0.5, 0.6) is 0 Å². The Morgan fingerprint density at radius 3 is 2.56 bits per heavy atom. The molecule has 34 heavy (non-hydrogen) atoms. The Balaban J connectivity index is 1.59. The third-order valence-corrected chi connectivity index (χ3v) is 6.56. The molecule has 15 heteroatoms. The number of ether oxygens (including phenoxy) is 1. The first-order valence-corrected chi connectivity index (χ1v) is 11.8. The van der Waals surface area contributed by atoms with Gasteiger partial charge in [0.15, 0.2) is 0 Å². The maximum atomic E-state index is 12.4. The Labute approximate surface area is 197 Å². The van der Waals surface area contributed by atoms with Crippen molar-refractivity contribution in [2.24, 2.45) is 5.92 Å². The molecule has 2 aliphatic rings. The predicted octanol–water partition coefficient (Wildman–Crippen LogP) is 1.62. The summed E-state index contributed by atoms with van der Waals surface area (Å²) in [7, 11) is -4.79. The highest BCUT2D eigenvalue weighted by Gasteiger charge is 2.57. The van der Waals surface area contributed by atoms with Crippen molar-refractivity contribution in [3.05, 3.63) is 62.0 Å². The monoisotopic (exact) mass is 514 g/mol. The highest BCUT2D eigenvalue weighted by atomic mass is 32.3. The molecule has 0 spiro atoms. The summed E-state index contributed by atoms with van der Waals surface area (Å²) in [5.74, 6) is -3.73. The van der Waals surface area contributed by atoms with Crippen molar-refractivity contribution >= 4 is 45.7 Å². The quantitative estimate of drug-likeness (QED) is 0.115. The molecule has 2 heterocycles. The van der Waals surface area contributed by atoms with Crippen LogP contribution in [0, 0.1) is 16.0 Å². The lowest BCUT2D eigenvalue weighted by atomic mass is 9.83. The summed E-state index contributed by atoms with van der Waals surface area (Å²) in [6.07, 6.45) is -0.0565. The van der Waals surface area contributed by atoms with E-state index in [1.54, 1.807) is 0 Å². The van der Waals surface area contributed by atoms with Gasteiger partial charge in [0.05, 0.1) is 23.0 Å². The van der Waals surface area contributed by atoms with Gasteiger partial charge in [0.25, 0.3) is 5.69 Å². The minimum absolute atomic E-state index is 0.0874.